The summed E-state index contributed by atoms with van der Waals surface area (Å²) >= 11 is 1.58. The molecule has 0 saturated heterocycles. The number of hydrogen-bond acceptors (Lipinski definition) is 8. The maximum absolute atomic E-state index is 12.1. The van der Waals surface area contributed by atoms with Crippen molar-refractivity contribution in [3.8, 4) is 5.75 Å². The molecule has 0 aliphatic carbocycles. The SMILES string of the molecule is Cc1nc(COc2ccc(C(=O)OCc3nc(C(C)C)no3)cc2)cs1. The molecule has 0 saturated carbocycles. The summed E-state index contributed by atoms with van der Waals surface area (Å²) in [6.45, 7) is 6.20. The highest BCUT2D eigenvalue weighted by Gasteiger charge is 2.13. The first-order valence-electron chi connectivity index (χ1n) is 8.14. The van der Waals surface area contributed by atoms with Crippen molar-refractivity contribution in [2.24, 2.45) is 0 Å². The third-order valence-corrected chi connectivity index (χ3v) is 4.29. The molecule has 0 N–H and O–H groups in total. The Kier molecular flexibility index (Phi) is 5.62. The molecule has 2 aromatic heterocycles. The number of benzene rings is 1. The van der Waals surface area contributed by atoms with Gasteiger partial charge in [-0.15, -0.1) is 11.3 Å². The van der Waals surface area contributed by atoms with Crippen LogP contribution in [0.2, 0.25) is 0 Å². The van der Waals surface area contributed by atoms with Crippen molar-refractivity contribution in [2.75, 3.05) is 0 Å². The van der Waals surface area contributed by atoms with Crippen LogP contribution in [-0.4, -0.2) is 21.1 Å². The van der Waals surface area contributed by atoms with Crippen LogP contribution in [0, 0.1) is 6.92 Å². The number of thiazole rings is 1. The van der Waals surface area contributed by atoms with Crippen molar-refractivity contribution in [1.29, 1.82) is 0 Å². The highest BCUT2D eigenvalue weighted by molar-refractivity contribution is 7.09. The third kappa shape index (κ3) is 4.66. The molecule has 0 atom stereocenters. The van der Waals surface area contributed by atoms with Crippen LogP contribution >= 0.6 is 11.3 Å². The molecule has 7 nitrogen and oxygen atoms in total. The van der Waals surface area contributed by atoms with Gasteiger partial charge in [0.25, 0.3) is 5.89 Å². The van der Waals surface area contributed by atoms with Crippen molar-refractivity contribution < 1.29 is 18.8 Å². The Labute approximate surface area is 155 Å². The molecule has 0 radical (unpaired) electrons. The van der Waals surface area contributed by atoms with E-state index >= 15 is 0 Å². The minimum Gasteiger partial charge on any atom is -0.487 e. The minimum absolute atomic E-state index is 0.0556. The van der Waals surface area contributed by atoms with E-state index in [2.05, 4.69) is 15.1 Å². The maximum Gasteiger partial charge on any atom is 0.338 e. The number of aryl methyl sites for hydroxylation is 1. The molecule has 0 amide bonds. The van der Waals surface area contributed by atoms with Gasteiger partial charge in [0.05, 0.1) is 16.3 Å². The molecule has 0 unspecified atom stereocenters. The average Bonchev–Trinajstić information content (AvgIpc) is 3.27. The molecule has 1 aromatic carbocycles. The summed E-state index contributed by atoms with van der Waals surface area (Å²) in [4.78, 5) is 20.6. The van der Waals surface area contributed by atoms with E-state index in [0.29, 0.717) is 23.7 Å². The van der Waals surface area contributed by atoms with Gasteiger partial charge in [0.1, 0.15) is 12.4 Å². The molecule has 0 aliphatic heterocycles. The van der Waals surface area contributed by atoms with Crippen molar-refractivity contribution in [2.45, 2.75) is 39.9 Å². The Morgan fingerprint density at radius 3 is 2.58 bits per heavy atom. The lowest BCUT2D eigenvalue weighted by molar-refractivity contribution is 0.0429. The van der Waals surface area contributed by atoms with Crippen LogP contribution in [-0.2, 0) is 18.0 Å². The van der Waals surface area contributed by atoms with E-state index < -0.39 is 5.97 Å². The molecule has 2 heterocycles. The fourth-order valence-electron chi connectivity index (χ4n) is 2.09. The number of nitrogens with zero attached hydrogens (tertiary/aromatic N) is 3. The van der Waals surface area contributed by atoms with Crippen LogP contribution in [0.1, 0.15) is 52.5 Å². The third-order valence-electron chi connectivity index (χ3n) is 3.47. The molecular weight excluding hydrogens is 354 g/mol. The Balaban J connectivity index is 1.51. The first kappa shape index (κ1) is 18.1. The van der Waals surface area contributed by atoms with Crippen LogP contribution in [0.5, 0.6) is 5.75 Å². The number of hydrogen-bond donors (Lipinski definition) is 0. The van der Waals surface area contributed by atoms with E-state index in [1.807, 2.05) is 26.2 Å². The molecule has 0 spiro atoms. The van der Waals surface area contributed by atoms with Crippen LogP contribution in [0.4, 0.5) is 0 Å². The van der Waals surface area contributed by atoms with Crippen LogP contribution < -0.4 is 4.74 Å². The normalized spacial score (nSPS) is 10.9. The van der Waals surface area contributed by atoms with E-state index in [4.69, 9.17) is 14.0 Å². The maximum atomic E-state index is 12.1. The fourth-order valence-corrected chi connectivity index (χ4v) is 2.69. The second kappa shape index (κ2) is 8.09. The molecule has 26 heavy (non-hydrogen) atoms. The molecule has 3 rings (SSSR count). The highest BCUT2D eigenvalue weighted by atomic mass is 32.1. The van der Waals surface area contributed by atoms with Gasteiger partial charge in [0.2, 0.25) is 0 Å². The number of rotatable bonds is 7. The largest absolute Gasteiger partial charge is 0.487 e. The summed E-state index contributed by atoms with van der Waals surface area (Å²) in [5.41, 5.74) is 1.31. The van der Waals surface area contributed by atoms with E-state index in [-0.39, 0.29) is 18.4 Å². The molecule has 0 fully saturated rings. The zero-order valence-electron chi connectivity index (χ0n) is 14.8. The molecule has 136 valence electrons. The van der Waals surface area contributed by atoms with Crippen molar-refractivity contribution in [3.05, 3.63) is 57.6 Å². The van der Waals surface area contributed by atoms with Crippen LogP contribution in [0.15, 0.2) is 34.2 Å². The van der Waals surface area contributed by atoms with Gasteiger partial charge < -0.3 is 14.0 Å². The minimum atomic E-state index is -0.462. The van der Waals surface area contributed by atoms with Gasteiger partial charge in [0, 0.05) is 11.3 Å². The van der Waals surface area contributed by atoms with Gasteiger partial charge in [-0.2, -0.15) is 4.98 Å². The standard InChI is InChI=1S/C18H19N3O4S/c1-11(2)17-20-16(25-21-17)9-24-18(22)13-4-6-15(7-5-13)23-8-14-10-26-12(3)19-14/h4-7,10-11H,8-9H2,1-3H3. The summed E-state index contributed by atoms with van der Waals surface area (Å²) in [6.07, 6.45) is 0. The summed E-state index contributed by atoms with van der Waals surface area (Å²) in [5, 5.41) is 6.79. The zero-order chi connectivity index (χ0) is 18.5. The Morgan fingerprint density at radius 1 is 1.19 bits per heavy atom. The van der Waals surface area contributed by atoms with Crippen molar-refractivity contribution in [3.63, 3.8) is 0 Å². The highest BCUT2D eigenvalue weighted by Crippen LogP contribution is 2.17. The van der Waals surface area contributed by atoms with E-state index in [0.717, 1.165) is 10.7 Å². The summed E-state index contributed by atoms with van der Waals surface area (Å²) < 4.78 is 15.9. The number of carbonyl (C=O) groups excluding carboxylic acids is 1. The van der Waals surface area contributed by atoms with Gasteiger partial charge in [-0.25, -0.2) is 9.78 Å². The quantitative estimate of drug-likeness (QED) is 0.581. The van der Waals surface area contributed by atoms with E-state index in [1.54, 1.807) is 35.6 Å². The predicted octanol–water partition coefficient (Wildman–Crippen LogP) is 3.89. The van der Waals surface area contributed by atoms with Gasteiger partial charge >= 0.3 is 5.97 Å². The van der Waals surface area contributed by atoms with E-state index in [9.17, 15) is 4.79 Å². The molecule has 0 aliphatic rings. The second-order valence-electron chi connectivity index (χ2n) is 5.95. The fraction of sp³-hybridized carbons (Fsp3) is 0.333. The summed E-state index contributed by atoms with van der Waals surface area (Å²) in [6, 6.07) is 6.74. The first-order valence-corrected chi connectivity index (χ1v) is 9.02. The van der Waals surface area contributed by atoms with Crippen LogP contribution in [0.3, 0.4) is 0 Å². The summed E-state index contributed by atoms with van der Waals surface area (Å²) in [5.74, 6) is 1.22. The van der Waals surface area contributed by atoms with Gasteiger partial charge in [-0.3, -0.25) is 0 Å². The lowest BCUT2D eigenvalue weighted by Gasteiger charge is -2.06. The predicted molar refractivity (Wildman–Crippen MR) is 95.1 cm³/mol. The number of carbonyl (C=O) groups is 1. The topological polar surface area (TPSA) is 87.3 Å². The average molecular weight is 373 g/mol. The number of aromatic nitrogens is 3. The van der Waals surface area contributed by atoms with Gasteiger partial charge in [0.15, 0.2) is 12.4 Å². The molecule has 3 aromatic rings. The Morgan fingerprint density at radius 2 is 1.96 bits per heavy atom. The van der Waals surface area contributed by atoms with Gasteiger partial charge in [-0.1, -0.05) is 19.0 Å². The molecule has 0 bridgehead atoms. The van der Waals surface area contributed by atoms with Crippen molar-refractivity contribution >= 4 is 17.3 Å². The lowest BCUT2D eigenvalue weighted by atomic mass is 10.2. The molecule has 8 heteroatoms. The molecular formula is C18H19N3O4S. The smallest absolute Gasteiger partial charge is 0.338 e. The van der Waals surface area contributed by atoms with Crippen molar-refractivity contribution in [1.82, 2.24) is 15.1 Å². The number of esters is 1. The summed E-state index contributed by atoms with van der Waals surface area (Å²) in [7, 11) is 0. The lowest BCUT2D eigenvalue weighted by Crippen LogP contribution is -2.05. The van der Waals surface area contributed by atoms with Gasteiger partial charge in [-0.05, 0) is 31.2 Å². The second-order valence-corrected chi connectivity index (χ2v) is 7.01. The van der Waals surface area contributed by atoms with Crippen LogP contribution in [0.25, 0.3) is 0 Å². The Hall–Kier alpha value is -2.74. The first-order chi connectivity index (χ1) is 12.5. The van der Waals surface area contributed by atoms with E-state index in [1.165, 1.54) is 0 Å². The monoisotopic (exact) mass is 373 g/mol. The number of ether oxygens (including phenoxy) is 2. The Bertz CT molecular complexity index is 871. The zero-order valence-corrected chi connectivity index (χ0v) is 15.6.